The van der Waals surface area contributed by atoms with E-state index in [0.717, 1.165) is 5.56 Å². The van der Waals surface area contributed by atoms with Crippen LogP contribution in [0.25, 0.3) is 0 Å². The number of nitrogens with one attached hydrogen (secondary N) is 1. The molecule has 1 atom stereocenters. The third kappa shape index (κ3) is 3.11. The summed E-state index contributed by atoms with van der Waals surface area (Å²) in [5.41, 5.74) is 0.755. The first-order chi connectivity index (χ1) is 9.13. The molecule has 100 valence electrons. The largest absolute Gasteiger partial charge is 0.306 e. The van der Waals surface area contributed by atoms with Gasteiger partial charge in [0.1, 0.15) is 11.6 Å². The number of hydrogen-bond acceptors (Lipinski definition) is 1. The molecular formula is C15H14ClF2N. The van der Waals surface area contributed by atoms with Crippen LogP contribution >= 0.6 is 11.6 Å². The Morgan fingerprint density at radius 1 is 1.11 bits per heavy atom. The molecule has 0 aliphatic rings. The summed E-state index contributed by atoms with van der Waals surface area (Å²) >= 11 is 5.94. The Bertz CT molecular complexity index is 552. The summed E-state index contributed by atoms with van der Waals surface area (Å²) in [5.74, 6) is -1.13. The zero-order chi connectivity index (χ0) is 13.8. The van der Waals surface area contributed by atoms with Gasteiger partial charge in [-0.1, -0.05) is 36.7 Å². The SMILES string of the molecule is CCNC(c1cccc(Cl)c1)c1c(F)cccc1F. The predicted octanol–water partition coefficient (Wildman–Crippen LogP) is 4.32. The second-order valence-electron chi connectivity index (χ2n) is 4.18. The molecule has 2 aromatic carbocycles. The van der Waals surface area contributed by atoms with E-state index in [0.29, 0.717) is 11.6 Å². The highest BCUT2D eigenvalue weighted by Crippen LogP contribution is 2.28. The van der Waals surface area contributed by atoms with Crippen molar-refractivity contribution in [1.29, 1.82) is 0 Å². The third-order valence-corrected chi connectivity index (χ3v) is 3.11. The van der Waals surface area contributed by atoms with Gasteiger partial charge in [-0.15, -0.1) is 0 Å². The summed E-state index contributed by atoms with van der Waals surface area (Å²) in [7, 11) is 0. The van der Waals surface area contributed by atoms with Crippen LogP contribution < -0.4 is 5.32 Å². The van der Waals surface area contributed by atoms with Crippen molar-refractivity contribution in [2.24, 2.45) is 0 Å². The fourth-order valence-corrected chi connectivity index (χ4v) is 2.26. The summed E-state index contributed by atoms with van der Waals surface area (Å²) in [6, 6.07) is 10.3. The zero-order valence-electron chi connectivity index (χ0n) is 10.5. The van der Waals surface area contributed by atoms with Crippen molar-refractivity contribution in [2.75, 3.05) is 6.54 Å². The van der Waals surface area contributed by atoms with Crippen LogP contribution in [0.4, 0.5) is 8.78 Å². The number of halogens is 3. The van der Waals surface area contributed by atoms with Crippen molar-refractivity contribution in [3.63, 3.8) is 0 Å². The van der Waals surface area contributed by atoms with E-state index in [1.165, 1.54) is 18.2 Å². The summed E-state index contributed by atoms with van der Waals surface area (Å²) in [6.45, 7) is 2.47. The molecule has 2 rings (SSSR count). The minimum Gasteiger partial charge on any atom is -0.306 e. The van der Waals surface area contributed by atoms with E-state index in [1.54, 1.807) is 24.3 Å². The maximum atomic E-state index is 13.9. The smallest absolute Gasteiger partial charge is 0.131 e. The van der Waals surface area contributed by atoms with E-state index in [9.17, 15) is 8.78 Å². The fraction of sp³-hybridized carbons (Fsp3) is 0.200. The van der Waals surface area contributed by atoms with Gasteiger partial charge in [0.15, 0.2) is 0 Å². The maximum absolute atomic E-state index is 13.9. The van der Waals surface area contributed by atoms with E-state index in [2.05, 4.69) is 5.32 Å². The van der Waals surface area contributed by atoms with Crippen LogP contribution in [-0.4, -0.2) is 6.54 Å². The van der Waals surface area contributed by atoms with Gasteiger partial charge in [0.2, 0.25) is 0 Å². The quantitative estimate of drug-likeness (QED) is 0.880. The Hall–Kier alpha value is -1.45. The summed E-state index contributed by atoms with van der Waals surface area (Å²) in [4.78, 5) is 0. The maximum Gasteiger partial charge on any atom is 0.131 e. The molecule has 0 aromatic heterocycles. The molecule has 0 fully saturated rings. The standard InChI is InChI=1S/C15H14ClF2N/c1-2-19-15(10-5-3-6-11(16)9-10)14-12(17)7-4-8-13(14)18/h3-9,15,19H,2H2,1H3. The first-order valence-electron chi connectivity index (χ1n) is 6.06. The lowest BCUT2D eigenvalue weighted by molar-refractivity contribution is 0.510. The molecule has 19 heavy (non-hydrogen) atoms. The lowest BCUT2D eigenvalue weighted by atomic mass is 9.97. The van der Waals surface area contributed by atoms with Crippen LogP contribution in [0.5, 0.6) is 0 Å². The van der Waals surface area contributed by atoms with Gasteiger partial charge in [-0.3, -0.25) is 0 Å². The molecule has 0 bridgehead atoms. The second-order valence-corrected chi connectivity index (χ2v) is 4.62. The average molecular weight is 282 g/mol. The highest BCUT2D eigenvalue weighted by atomic mass is 35.5. The number of rotatable bonds is 4. The van der Waals surface area contributed by atoms with E-state index in [4.69, 9.17) is 11.6 Å². The van der Waals surface area contributed by atoms with Gasteiger partial charge in [-0.05, 0) is 36.4 Å². The highest BCUT2D eigenvalue weighted by molar-refractivity contribution is 6.30. The molecular weight excluding hydrogens is 268 g/mol. The molecule has 0 heterocycles. The van der Waals surface area contributed by atoms with Crippen LogP contribution in [0.2, 0.25) is 5.02 Å². The molecule has 0 radical (unpaired) electrons. The van der Waals surface area contributed by atoms with Crippen molar-refractivity contribution in [2.45, 2.75) is 13.0 Å². The van der Waals surface area contributed by atoms with Gasteiger partial charge in [-0.2, -0.15) is 0 Å². The Labute approximate surface area is 116 Å². The minimum absolute atomic E-state index is 0.0200. The van der Waals surface area contributed by atoms with Crippen molar-refractivity contribution < 1.29 is 8.78 Å². The summed E-state index contributed by atoms with van der Waals surface area (Å²) < 4.78 is 27.8. The monoisotopic (exact) mass is 281 g/mol. The van der Waals surface area contributed by atoms with Crippen molar-refractivity contribution >= 4 is 11.6 Å². The molecule has 0 spiro atoms. The molecule has 1 nitrogen and oxygen atoms in total. The van der Waals surface area contributed by atoms with Crippen LogP contribution in [0.15, 0.2) is 42.5 Å². The predicted molar refractivity (Wildman–Crippen MR) is 73.3 cm³/mol. The van der Waals surface area contributed by atoms with E-state index >= 15 is 0 Å². The zero-order valence-corrected chi connectivity index (χ0v) is 11.2. The first kappa shape index (κ1) is 14.0. The summed E-state index contributed by atoms with van der Waals surface area (Å²) in [6.07, 6.45) is 0. The van der Waals surface area contributed by atoms with Gasteiger partial charge in [-0.25, -0.2) is 8.78 Å². The van der Waals surface area contributed by atoms with Gasteiger partial charge >= 0.3 is 0 Å². The van der Waals surface area contributed by atoms with Gasteiger partial charge < -0.3 is 5.32 Å². The molecule has 4 heteroatoms. The van der Waals surface area contributed by atoms with Crippen LogP contribution in [-0.2, 0) is 0 Å². The Morgan fingerprint density at radius 2 is 1.74 bits per heavy atom. The second kappa shape index (κ2) is 6.13. The molecule has 1 N–H and O–H groups in total. The first-order valence-corrected chi connectivity index (χ1v) is 6.44. The van der Waals surface area contributed by atoms with Gasteiger partial charge in [0.05, 0.1) is 6.04 Å². The Kier molecular flexibility index (Phi) is 4.51. The number of hydrogen-bond donors (Lipinski definition) is 1. The molecule has 0 saturated carbocycles. The van der Waals surface area contributed by atoms with E-state index < -0.39 is 17.7 Å². The highest BCUT2D eigenvalue weighted by Gasteiger charge is 2.21. The average Bonchev–Trinajstić information content (AvgIpc) is 2.37. The Morgan fingerprint density at radius 3 is 2.32 bits per heavy atom. The van der Waals surface area contributed by atoms with E-state index in [1.807, 2.05) is 6.92 Å². The van der Waals surface area contributed by atoms with Gasteiger partial charge in [0.25, 0.3) is 0 Å². The van der Waals surface area contributed by atoms with Gasteiger partial charge in [0, 0.05) is 10.6 Å². The lowest BCUT2D eigenvalue weighted by Crippen LogP contribution is -2.24. The van der Waals surface area contributed by atoms with E-state index in [-0.39, 0.29) is 5.56 Å². The van der Waals surface area contributed by atoms with Crippen LogP contribution in [0.3, 0.4) is 0 Å². The normalized spacial score (nSPS) is 12.4. The van der Waals surface area contributed by atoms with Crippen LogP contribution in [0, 0.1) is 11.6 Å². The van der Waals surface area contributed by atoms with Crippen molar-refractivity contribution in [1.82, 2.24) is 5.32 Å². The lowest BCUT2D eigenvalue weighted by Gasteiger charge is -2.20. The van der Waals surface area contributed by atoms with Crippen molar-refractivity contribution in [3.8, 4) is 0 Å². The molecule has 1 unspecified atom stereocenters. The number of benzene rings is 2. The van der Waals surface area contributed by atoms with Crippen LogP contribution in [0.1, 0.15) is 24.1 Å². The Balaban J connectivity index is 2.51. The molecule has 0 aliphatic heterocycles. The topological polar surface area (TPSA) is 12.0 Å². The molecule has 0 aliphatic carbocycles. The summed E-state index contributed by atoms with van der Waals surface area (Å²) in [5, 5.41) is 3.62. The fourth-order valence-electron chi connectivity index (χ4n) is 2.06. The van der Waals surface area contributed by atoms with Crippen molar-refractivity contribution in [3.05, 3.63) is 70.2 Å². The minimum atomic E-state index is -0.564. The molecule has 2 aromatic rings. The third-order valence-electron chi connectivity index (χ3n) is 2.88. The molecule has 0 amide bonds. The molecule has 0 saturated heterocycles.